The average Bonchev–Trinajstić information content (AvgIpc) is 2.61. The molecule has 0 aliphatic heterocycles. The fraction of sp³-hybridized carbons (Fsp3) is 0.158. The van der Waals surface area contributed by atoms with Gasteiger partial charge in [-0.25, -0.2) is 0 Å². The highest BCUT2D eigenvalue weighted by molar-refractivity contribution is 14.1. The lowest BCUT2D eigenvalue weighted by Gasteiger charge is -2.15. The molecule has 1 aromatic heterocycles. The summed E-state index contributed by atoms with van der Waals surface area (Å²) in [5.41, 5.74) is 1.09. The van der Waals surface area contributed by atoms with Crippen molar-refractivity contribution < 1.29 is 13.9 Å². The van der Waals surface area contributed by atoms with Gasteiger partial charge in [0.05, 0.1) is 22.1 Å². The first-order chi connectivity index (χ1) is 12.0. The van der Waals surface area contributed by atoms with Crippen LogP contribution in [0.3, 0.4) is 0 Å². The Kier molecular flexibility index (Phi) is 5.08. The molecule has 3 rings (SSSR count). The lowest BCUT2D eigenvalue weighted by atomic mass is 10.1. The van der Waals surface area contributed by atoms with Crippen LogP contribution in [0.2, 0.25) is 0 Å². The maximum atomic E-state index is 12.5. The molecule has 0 fully saturated rings. The summed E-state index contributed by atoms with van der Waals surface area (Å²) in [6.07, 6.45) is 0. The van der Waals surface area contributed by atoms with E-state index in [9.17, 15) is 9.59 Å². The Balaban J connectivity index is 1.84. The lowest BCUT2D eigenvalue weighted by Crippen LogP contribution is -2.27. The molecule has 0 saturated carbocycles. The molecule has 0 aliphatic rings. The lowest BCUT2D eigenvalue weighted by molar-refractivity contribution is 0.0912. The van der Waals surface area contributed by atoms with Crippen LogP contribution in [0, 0.1) is 3.57 Å². The molecule has 1 N–H and O–H groups in total. The Morgan fingerprint density at radius 2 is 1.96 bits per heavy atom. The highest BCUT2D eigenvalue weighted by atomic mass is 127. The van der Waals surface area contributed by atoms with Gasteiger partial charge < -0.3 is 14.5 Å². The van der Waals surface area contributed by atoms with E-state index >= 15 is 0 Å². The molecule has 3 aromatic rings. The molecule has 0 spiro atoms. The van der Waals surface area contributed by atoms with Gasteiger partial charge in [-0.2, -0.15) is 0 Å². The van der Waals surface area contributed by atoms with Crippen molar-refractivity contribution in [2.45, 2.75) is 13.0 Å². The second-order valence-corrected chi connectivity index (χ2v) is 6.72. The first-order valence-corrected chi connectivity index (χ1v) is 8.74. The number of fused-ring (bicyclic) bond motifs is 1. The number of hydrogen-bond acceptors (Lipinski definition) is 4. The highest BCUT2D eigenvalue weighted by Gasteiger charge is 2.16. The average molecular weight is 449 g/mol. The monoisotopic (exact) mass is 449 g/mol. The van der Waals surface area contributed by atoms with Gasteiger partial charge in [-0.1, -0.05) is 18.2 Å². The minimum Gasteiger partial charge on any atom is -0.496 e. The summed E-state index contributed by atoms with van der Waals surface area (Å²) in [6, 6.07) is 13.5. The SMILES string of the molecule is COc1ccc(C(C)NC(=O)c2cc(=O)c3ccccc3o2)cc1I. The third kappa shape index (κ3) is 3.68. The van der Waals surface area contributed by atoms with E-state index in [0.717, 1.165) is 14.9 Å². The number of carbonyl (C=O) groups excluding carboxylic acids is 1. The molecule has 2 aromatic carbocycles. The van der Waals surface area contributed by atoms with Crippen molar-refractivity contribution in [1.29, 1.82) is 0 Å². The van der Waals surface area contributed by atoms with Gasteiger partial charge in [0.1, 0.15) is 11.3 Å². The van der Waals surface area contributed by atoms with Gasteiger partial charge in [0.25, 0.3) is 5.91 Å². The number of carbonyl (C=O) groups is 1. The van der Waals surface area contributed by atoms with Gasteiger partial charge in [0.15, 0.2) is 11.2 Å². The molecular formula is C19H16INO4. The Labute approximate surface area is 158 Å². The zero-order valence-electron chi connectivity index (χ0n) is 13.7. The highest BCUT2D eigenvalue weighted by Crippen LogP contribution is 2.25. The standard InChI is InChI=1S/C19H16INO4/c1-11(12-7-8-17(24-2)14(20)9-12)21-19(23)18-10-15(22)13-5-3-4-6-16(13)25-18/h3-11H,1-2H3,(H,21,23). The summed E-state index contributed by atoms with van der Waals surface area (Å²) >= 11 is 2.18. The minimum absolute atomic E-state index is 0.00115. The second kappa shape index (κ2) is 7.26. The molecule has 0 aliphatic carbocycles. The molecule has 0 radical (unpaired) electrons. The van der Waals surface area contributed by atoms with Crippen LogP contribution in [-0.2, 0) is 0 Å². The summed E-state index contributed by atoms with van der Waals surface area (Å²) in [7, 11) is 1.62. The van der Waals surface area contributed by atoms with Crippen molar-refractivity contribution in [3.63, 3.8) is 0 Å². The van der Waals surface area contributed by atoms with E-state index in [1.807, 2.05) is 25.1 Å². The smallest absolute Gasteiger partial charge is 0.287 e. The van der Waals surface area contributed by atoms with Crippen LogP contribution in [0.15, 0.2) is 57.7 Å². The fourth-order valence-electron chi connectivity index (χ4n) is 2.52. The van der Waals surface area contributed by atoms with Crippen LogP contribution in [-0.4, -0.2) is 13.0 Å². The van der Waals surface area contributed by atoms with Gasteiger partial charge in [-0.05, 0) is 59.3 Å². The number of nitrogens with one attached hydrogen (secondary N) is 1. The van der Waals surface area contributed by atoms with Crippen molar-refractivity contribution in [3.8, 4) is 5.75 Å². The molecule has 1 amide bonds. The van der Waals surface area contributed by atoms with Crippen LogP contribution in [0.4, 0.5) is 0 Å². The number of benzene rings is 2. The first kappa shape index (κ1) is 17.5. The van der Waals surface area contributed by atoms with Crippen molar-refractivity contribution in [2.24, 2.45) is 0 Å². The number of amides is 1. The summed E-state index contributed by atoms with van der Waals surface area (Å²) in [4.78, 5) is 24.6. The molecular weight excluding hydrogens is 433 g/mol. The van der Waals surface area contributed by atoms with Crippen LogP contribution in [0.25, 0.3) is 11.0 Å². The quantitative estimate of drug-likeness (QED) is 0.614. The predicted octanol–water partition coefficient (Wildman–Crippen LogP) is 3.90. The number of halogens is 1. The summed E-state index contributed by atoms with van der Waals surface area (Å²) in [6.45, 7) is 1.87. The zero-order valence-corrected chi connectivity index (χ0v) is 15.9. The predicted molar refractivity (Wildman–Crippen MR) is 104 cm³/mol. The maximum Gasteiger partial charge on any atom is 0.287 e. The second-order valence-electron chi connectivity index (χ2n) is 5.56. The first-order valence-electron chi connectivity index (χ1n) is 7.67. The molecule has 0 saturated heterocycles. The van der Waals surface area contributed by atoms with E-state index in [2.05, 4.69) is 27.9 Å². The number of rotatable bonds is 4. The van der Waals surface area contributed by atoms with Crippen molar-refractivity contribution >= 4 is 39.5 Å². The number of ether oxygens (including phenoxy) is 1. The Bertz CT molecular complexity index is 996. The van der Waals surface area contributed by atoms with Gasteiger partial charge in [0.2, 0.25) is 0 Å². The van der Waals surface area contributed by atoms with Crippen LogP contribution in [0.5, 0.6) is 5.75 Å². The van der Waals surface area contributed by atoms with Crippen molar-refractivity contribution in [1.82, 2.24) is 5.32 Å². The van der Waals surface area contributed by atoms with E-state index in [1.165, 1.54) is 6.07 Å². The van der Waals surface area contributed by atoms with E-state index in [4.69, 9.17) is 9.15 Å². The Morgan fingerprint density at radius 3 is 2.68 bits per heavy atom. The van der Waals surface area contributed by atoms with Crippen LogP contribution in [0.1, 0.15) is 29.1 Å². The van der Waals surface area contributed by atoms with Crippen LogP contribution >= 0.6 is 22.6 Å². The van der Waals surface area contributed by atoms with E-state index in [0.29, 0.717) is 11.0 Å². The Hall–Kier alpha value is -2.35. The molecule has 1 unspecified atom stereocenters. The fourth-order valence-corrected chi connectivity index (χ4v) is 3.28. The molecule has 5 nitrogen and oxygen atoms in total. The van der Waals surface area contributed by atoms with Crippen molar-refractivity contribution in [2.75, 3.05) is 7.11 Å². The van der Waals surface area contributed by atoms with Crippen molar-refractivity contribution in [3.05, 3.63) is 73.6 Å². The molecule has 128 valence electrons. The Morgan fingerprint density at radius 1 is 1.20 bits per heavy atom. The third-order valence-corrected chi connectivity index (χ3v) is 4.72. The largest absolute Gasteiger partial charge is 0.496 e. The van der Waals surface area contributed by atoms with Gasteiger partial charge >= 0.3 is 0 Å². The van der Waals surface area contributed by atoms with E-state index in [1.54, 1.807) is 31.4 Å². The van der Waals surface area contributed by atoms with Gasteiger partial charge in [-0.3, -0.25) is 9.59 Å². The molecule has 1 heterocycles. The molecule has 1 atom stereocenters. The molecule has 25 heavy (non-hydrogen) atoms. The minimum atomic E-state index is -0.429. The topological polar surface area (TPSA) is 68.5 Å². The van der Waals surface area contributed by atoms with Gasteiger partial charge in [-0.15, -0.1) is 0 Å². The summed E-state index contributed by atoms with van der Waals surface area (Å²) < 4.78 is 11.8. The molecule has 6 heteroatoms. The van der Waals surface area contributed by atoms with E-state index < -0.39 is 5.91 Å². The third-order valence-electron chi connectivity index (χ3n) is 3.88. The van der Waals surface area contributed by atoms with Crippen LogP contribution < -0.4 is 15.5 Å². The summed E-state index contributed by atoms with van der Waals surface area (Å²) in [5, 5.41) is 3.31. The maximum absolute atomic E-state index is 12.5. The number of para-hydroxylation sites is 1. The van der Waals surface area contributed by atoms with E-state index in [-0.39, 0.29) is 17.2 Å². The van der Waals surface area contributed by atoms with Gasteiger partial charge in [0, 0.05) is 6.07 Å². The molecule has 0 bridgehead atoms. The summed E-state index contributed by atoms with van der Waals surface area (Å²) in [5.74, 6) is 0.350. The number of hydrogen-bond donors (Lipinski definition) is 1. The number of methoxy groups -OCH3 is 1. The normalized spacial score (nSPS) is 12.0. The zero-order chi connectivity index (χ0) is 18.0.